The van der Waals surface area contributed by atoms with E-state index in [0.717, 1.165) is 18.8 Å². The number of nitrogens with zero attached hydrogens (tertiary/aromatic N) is 2. The molecule has 29 heavy (non-hydrogen) atoms. The first-order valence-corrected chi connectivity index (χ1v) is 12.0. The molecule has 164 valence electrons. The molecule has 7 nitrogen and oxygen atoms in total. The largest absolute Gasteiger partial charge is 0.376 e. The van der Waals surface area contributed by atoms with Crippen molar-refractivity contribution in [1.82, 2.24) is 4.31 Å². The average molecular weight is 426 g/mol. The van der Waals surface area contributed by atoms with E-state index in [4.69, 9.17) is 0 Å². The van der Waals surface area contributed by atoms with E-state index in [2.05, 4.69) is 19.2 Å². The van der Waals surface area contributed by atoms with Gasteiger partial charge in [0.1, 0.15) is 0 Å². The third-order valence-electron chi connectivity index (χ3n) is 5.56. The second kappa shape index (κ2) is 9.91. The van der Waals surface area contributed by atoms with Crippen LogP contribution in [0.25, 0.3) is 0 Å². The van der Waals surface area contributed by atoms with Crippen LogP contribution in [0, 0.1) is 11.8 Å². The van der Waals surface area contributed by atoms with E-state index >= 15 is 0 Å². The molecule has 1 aromatic rings. The maximum atomic E-state index is 12.9. The highest BCUT2D eigenvalue weighted by Gasteiger charge is 2.28. The molecular formula is C21H37N4O3S+. The fourth-order valence-electron chi connectivity index (χ4n) is 4.37. The van der Waals surface area contributed by atoms with Gasteiger partial charge in [-0.1, -0.05) is 27.7 Å². The minimum atomic E-state index is -3.59. The molecule has 1 aromatic carbocycles. The molecule has 0 saturated carbocycles. The van der Waals surface area contributed by atoms with Crippen LogP contribution in [0.15, 0.2) is 23.1 Å². The van der Waals surface area contributed by atoms with Crippen LogP contribution in [0.4, 0.5) is 11.4 Å². The molecular weight excluding hydrogens is 388 g/mol. The topological polar surface area (TPSA) is 74.2 Å². The average Bonchev–Trinajstić information content (AvgIpc) is 2.61. The smallest absolute Gasteiger partial charge is 0.279 e. The molecule has 8 heteroatoms. The van der Waals surface area contributed by atoms with Gasteiger partial charge >= 0.3 is 0 Å². The highest BCUT2D eigenvalue weighted by atomic mass is 32.2. The number of rotatable bonds is 8. The van der Waals surface area contributed by atoms with Gasteiger partial charge in [-0.05, 0) is 24.6 Å². The zero-order chi connectivity index (χ0) is 21.8. The van der Waals surface area contributed by atoms with Gasteiger partial charge in [-0.3, -0.25) is 4.79 Å². The lowest BCUT2D eigenvalue weighted by Gasteiger charge is -2.31. The lowest BCUT2D eigenvalue weighted by Crippen LogP contribution is -3.15. The van der Waals surface area contributed by atoms with Crippen molar-refractivity contribution in [2.24, 2.45) is 11.8 Å². The Labute approximate surface area is 176 Å². The van der Waals surface area contributed by atoms with Crippen molar-refractivity contribution in [3.63, 3.8) is 0 Å². The Morgan fingerprint density at radius 3 is 2.24 bits per heavy atom. The first kappa shape index (κ1) is 23.6. The summed E-state index contributed by atoms with van der Waals surface area (Å²) in [6, 6.07) is 4.94. The summed E-state index contributed by atoms with van der Waals surface area (Å²) >= 11 is 0. The Morgan fingerprint density at radius 2 is 1.72 bits per heavy atom. The Kier molecular flexibility index (Phi) is 8.08. The van der Waals surface area contributed by atoms with Gasteiger partial charge in [0.15, 0.2) is 6.54 Å². The van der Waals surface area contributed by atoms with E-state index in [0.29, 0.717) is 37.2 Å². The summed E-state index contributed by atoms with van der Waals surface area (Å²) < 4.78 is 27.2. The molecule has 1 amide bonds. The van der Waals surface area contributed by atoms with Crippen LogP contribution in [0.3, 0.4) is 0 Å². The lowest BCUT2D eigenvalue weighted by atomic mass is 9.92. The minimum absolute atomic E-state index is 0.0817. The van der Waals surface area contributed by atoms with Crippen molar-refractivity contribution in [3.8, 4) is 0 Å². The van der Waals surface area contributed by atoms with Crippen LogP contribution >= 0.6 is 0 Å². The fraction of sp³-hybridized carbons (Fsp3) is 0.667. The van der Waals surface area contributed by atoms with Gasteiger partial charge in [0.25, 0.3) is 5.91 Å². The molecule has 0 radical (unpaired) electrons. The van der Waals surface area contributed by atoms with Crippen molar-refractivity contribution in [2.45, 2.75) is 39.0 Å². The number of likely N-dealkylation sites (tertiary alicyclic amines) is 1. The molecule has 1 heterocycles. The van der Waals surface area contributed by atoms with E-state index < -0.39 is 10.0 Å². The Morgan fingerprint density at radius 1 is 1.14 bits per heavy atom. The van der Waals surface area contributed by atoms with E-state index in [-0.39, 0.29) is 10.8 Å². The number of piperidine rings is 1. The van der Waals surface area contributed by atoms with E-state index in [1.54, 1.807) is 18.2 Å². The summed E-state index contributed by atoms with van der Waals surface area (Å²) in [7, 11) is 0.170. The van der Waals surface area contributed by atoms with E-state index in [9.17, 15) is 13.2 Å². The number of hydrogen-bond acceptors (Lipinski definition) is 4. The Bertz CT molecular complexity index is 796. The molecule has 2 N–H and O–H groups in total. The normalized spacial score (nSPS) is 22.5. The highest BCUT2D eigenvalue weighted by molar-refractivity contribution is 7.89. The molecule has 0 spiro atoms. The van der Waals surface area contributed by atoms with Crippen molar-refractivity contribution < 1.29 is 18.1 Å². The van der Waals surface area contributed by atoms with Crippen LogP contribution in [-0.4, -0.2) is 65.4 Å². The number of carbonyl (C=O) groups excluding carboxylic acids is 1. The van der Waals surface area contributed by atoms with Gasteiger partial charge in [0.05, 0.1) is 29.4 Å². The van der Waals surface area contributed by atoms with Gasteiger partial charge in [0.2, 0.25) is 10.0 Å². The molecule has 0 aliphatic carbocycles. The number of sulfonamides is 1. The summed E-state index contributed by atoms with van der Waals surface area (Å²) in [4.78, 5) is 16.1. The van der Waals surface area contributed by atoms with Crippen LogP contribution < -0.4 is 15.1 Å². The van der Waals surface area contributed by atoms with Crippen LogP contribution in [0.1, 0.15) is 34.1 Å². The molecule has 1 saturated heterocycles. The molecule has 0 unspecified atom stereocenters. The second-order valence-corrected chi connectivity index (χ2v) is 10.4. The fourth-order valence-corrected chi connectivity index (χ4v) is 5.85. The highest BCUT2D eigenvalue weighted by Crippen LogP contribution is 2.29. The maximum Gasteiger partial charge on any atom is 0.279 e. The molecule has 0 bridgehead atoms. The van der Waals surface area contributed by atoms with E-state index in [1.807, 2.05) is 32.8 Å². The standard InChI is InChI=1S/C21H36N4O3S/c1-7-25(8-2)29(27,28)18-9-10-20(23(5)6)19(12-18)22-21(26)15-24-13-16(3)11-17(4)14-24/h9-10,12,16-17H,7-8,11,13-15H2,1-6H3,(H,22,26)/p+1/t16-,17-/m0/s1. The van der Waals surface area contributed by atoms with Crippen molar-refractivity contribution >= 4 is 27.3 Å². The summed E-state index contributed by atoms with van der Waals surface area (Å²) in [5.41, 5.74) is 1.32. The van der Waals surface area contributed by atoms with Crippen molar-refractivity contribution in [3.05, 3.63) is 18.2 Å². The molecule has 1 fully saturated rings. The van der Waals surface area contributed by atoms with Crippen LogP contribution in [0.2, 0.25) is 0 Å². The monoisotopic (exact) mass is 425 g/mol. The molecule has 2 atom stereocenters. The van der Waals surface area contributed by atoms with Gasteiger partial charge in [-0.2, -0.15) is 4.31 Å². The van der Waals surface area contributed by atoms with Crippen molar-refractivity contribution in [2.75, 3.05) is 57.0 Å². The van der Waals surface area contributed by atoms with Crippen LogP contribution in [0.5, 0.6) is 0 Å². The summed E-state index contributed by atoms with van der Waals surface area (Å²) in [6.07, 6.45) is 1.21. The number of benzene rings is 1. The summed E-state index contributed by atoms with van der Waals surface area (Å²) in [6.45, 7) is 11.3. The zero-order valence-corrected chi connectivity index (χ0v) is 19.5. The number of anilines is 2. The number of amides is 1. The molecule has 1 aliphatic rings. The number of carbonyl (C=O) groups is 1. The second-order valence-electron chi connectivity index (χ2n) is 8.49. The molecule has 0 aromatic heterocycles. The predicted molar refractivity (Wildman–Crippen MR) is 118 cm³/mol. The number of hydrogen-bond donors (Lipinski definition) is 2. The predicted octanol–water partition coefficient (Wildman–Crippen LogP) is 1.28. The van der Waals surface area contributed by atoms with Gasteiger partial charge in [0, 0.05) is 39.0 Å². The molecule has 1 aliphatic heterocycles. The van der Waals surface area contributed by atoms with Gasteiger partial charge in [-0.25, -0.2) is 8.42 Å². The minimum Gasteiger partial charge on any atom is -0.376 e. The Hall–Kier alpha value is -1.64. The zero-order valence-electron chi connectivity index (χ0n) is 18.7. The first-order chi connectivity index (χ1) is 13.6. The van der Waals surface area contributed by atoms with E-state index in [1.165, 1.54) is 15.6 Å². The van der Waals surface area contributed by atoms with Crippen LogP contribution in [-0.2, 0) is 14.8 Å². The summed E-state index contributed by atoms with van der Waals surface area (Å²) in [5, 5.41) is 2.97. The number of quaternary nitrogens is 1. The maximum absolute atomic E-state index is 12.9. The SMILES string of the molecule is CCN(CC)S(=O)(=O)c1ccc(N(C)C)c(NC(=O)C[NH+]2C[C@@H](C)C[C@H](C)C2)c1. The summed E-state index contributed by atoms with van der Waals surface area (Å²) in [5.74, 6) is 1.14. The van der Waals surface area contributed by atoms with Gasteiger partial charge < -0.3 is 15.1 Å². The third-order valence-corrected chi connectivity index (χ3v) is 7.60. The third kappa shape index (κ3) is 5.93. The van der Waals surface area contributed by atoms with Gasteiger partial charge in [-0.15, -0.1) is 0 Å². The Balaban J connectivity index is 2.24. The first-order valence-electron chi connectivity index (χ1n) is 10.5. The lowest BCUT2D eigenvalue weighted by molar-refractivity contribution is -0.904. The number of nitrogens with one attached hydrogen (secondary N) is 2. The quantitative estimate of drug-likeness (QED) is 0.658. The van der Waals surface area contributed by atoms with Crippen molar-refractivity contribution in [1.29, 1.82) is 0 Å². The molecule has 2 rings (SSSR count).